The van der Waals surface area contributed by atoms with Gasteiger partial charge < -0.3 is 4.90 Å². The third-order valence-electron chi connectivity index (χ3n) is 4.41. The minimum Gasteiger partial charge on any atom is -0.377 e. The van der Waals surface area contributed by atoms with E-state index in [1.54, 1.807) is 19.0 Å². The van der Waals surface area contributed by atoms with Crippen LogP contribution >= 0.6 is 0 Å². The number of hydrogen-bond acceptors (Lipinski definition) is 2. The molecule has 3 rings (SSSR count). The Morgan fingerprint density at radius 2 is 0.970 bits per heavy atom. The van der Waals surface area contributed by atoms with Crippen LogP contribution in [0.2, 0.25) is 0 Å². The summed E-state index contributed by atoms with van der Waals surface area (Å²) in [5.74, 6) is -26.0. The molecule has 0 atom stereocenters. The van der Waals surface area contributed by atoms with Crippen LogP contribution in [0.5, 0.6) is 0 Å². The van der Waals surface area contributed by atoms with E-state index in [1.165, 1.54) is 12.1 Å². The Balaban J connectivity index is 2.44. The fraction of sp³-hybridized carbons (Fsp3) is 0.100. The van der Waals surface area contributed by atoms with Crippen molar-refractivity contribution in [2.45, 2.75) is 0 Å². The Bertz CT molecular complexity index is 1230. The van der Waals surface area contributed by atoms with E-state index < -0.39 is 75.3 Å². The predicted molar refractivity (Wildman–Crippen MR) is 95.0 cm³/mol. The molecule has 2 aromatic carbocycles. The molecule has 0 saturated carbocycles. The number of pyridine rings is 1. The third-order valence-corrected chi connectivity index (χ3v) is 4.41. The first-order valence-electron chi connectivity index (χ1n) is 8.69. The summed E-state index contributed by atoms with van der Waals surface area (Å²) in [6, 6.07) is 2.50. The van der Waals surface area contributed by atoms with Crippen LogP contribution in [0.4, 0.5) is 55.3 Å². The molecule has 174 valence electrons. The van der Waals surface area contributed by atoms with Gasteiger partial charge in [-0.2, -0.15) is 8.78 Å². The third kappa shape index (κ3) is 3.98. The van der Waals surface area contributed by atoms with Crippen LogP contribution < -0.4 is 9.47 Å². The molecule has 1 heterocycles. The highest BCUT2D eigenvalue weighted by Crippen LogP contribution is 2.31. The second-order valence-electron chi connectivity index (χ2n) is 6.66. The maximum atomic E-state index is 14.5. The van der Waals surface area contributed by atoms with E-state index >= 15 is 0 Å². The van der Waals surface area contributed by atoms with Gasteiger partial charge in [-0.05, 0) is 4.99 Å². The summed E-state index contributed by atoms with van der Waals surface area (Å²) in [5.41, 5.74) is -3.22. The van der Waals surface area contributed by atoms with Gasteiger partial charge in [0.1, 0.15) is 5.56 Å². The van der Waals surface area contributed by atoms with Crippen molar-refractivity contribution in [2.24, 2.45) is 4.99 Å². The van der Waals surface area contributed by atoms with Crippen LogP contribution in [0.25, 0.3) is 0 Å². The lowest BCUT2D eigenvalue weighted by Crippen LogP contribution is -2.44. The smallest absolute Gasteiger partial charge is 0.342 e. The Hall–Kier alpha value is -3.64. The van der Waals surface area contributed by atoms with Crippen molar-refractivity contribution in [1.82, 2.24) is 0 Å². The molecule has 0 fully saturated rings. The second kappa shape index (κ2) is 8.71. The summed E-state index contributed by atoms with van der Waals surface area (Å²) in [7, 11) is 3.18. The lowest BCUT2D eigenvalue weighted by atomic mass is 10.1. The first-order chi connectivity index (χ1) is 15.4. The molecule has 0 aliphatic rings. The molecule has 1 aromatic heterocycles. The monoisotopic (exact) mass is 482 g/mol. The predicted octanol–water partition coefficient (Wildman–Crippen LogP) is 5.06. The number of aromatic nitrogens is 1. The molecule has 0 N–H and O–H groups in total. The summed E-state index contributed by atoms with van der Waals surface area (Å²) in [6.45, 7) is 0. The summed E-state index contributed by atoms with van der Waals surface area (Å²) in [6.07, 6.45) is 1.91. The zero-order valence-corrected chi connectivity index (χ0v) is 16.4. The Morgan fingerprint density at radius 3 is 1.36 bits per heavy atom. The summed E-state index contributed by atoms with van der Waals surface area (Å²) < 4.78 is 139. The Morgan fingerprint density at radius 1 is 0.606 bits per heavy atom. The maximum absolute atomic E-state index is 14.5. The largest absolute Gasteiger partial charge is 0.377 e. The van der Waals surface area contributed by atoms with E-state index in [2.05, 4.69) is 4.99 Å². The van der Waals surface area contributed by atoms with Crippen molar-refractivity contribution in [3.8, 4) is 0 Å². The van der Waals surface area contributed by atoms with Gasteiger partial charge in [0.05, 0.1) is 12.4 Å². The van der Waals surface area contributed by atoms with Crippen molar-refractivity contribution in [3.05, 3.63) is 88.3 Å². The van der Waals surface area contributed by atoms with Crippen molar-refractivity contribution < 1.29 is 48.5 Å². The van der Waals surface area contributed by atoms with Gasteiger partial charge in [0, 0.05) is 31.9 Å². The van der Waals surface area contributed by atoms with Crippen molar-refractivity contribution in [3.63, 3.8) is 0 Å². The second-order valence-corrected chi connectivity index (χ2v) is 6.66. The highest BCUT2D eigenvalue weighted by Gasteiger charge is 2.36. The van der Waals surface area contributed by atoms with Crippen LogP contribution in [0.15, 0.2) is 29.5 Å². The first-order valence-corrected chi connectivity index (χ1v) is 8.69. The molecule has 3 aromatic rings. The van der Waals surface area contributed by atoms with Crippen LogP contribution in [-0.2, 0) is 0 Å². The van der Waals surface area contributed by atoms with Gasteiger partial charge >= 0.3 is 5.84 Å². The van der Waals surface area contributed by atoms with Gasteiger partial charge in [-0.3, -0.25) is 0 Å². The van der Waals surface area contributed by atoms with Gasteiger partial charge in [0.25, 0.3) is 5.69 Å². The van der Waals surface area contributed by atoms with Gasteiger partial charge in [-0.25, -0.2) is 39.7 Å². The molecule has 0 spiro atoms. The molecule has 13 heteroatoms. The van der Waals surface area contributed by atoms with Crippen LogP contribution in [0, 0.1) is 58.2 Å². The van der Waals surface area contributed by atoms with Gasteiger partial charge in [-0.1, -0.05) is 0 Å². The minimum atomic E-state index is -2.54. The topological polar surface area (TPSA) is 19.5 Å². The molecule has 0 aliphatic heterocycles. The molecule has 0 radical (unpaired) electrons. The molecule has 33 heavy (non-hydrogen) atoms. The average molecular weight is 482 g/mol. The lowest BCUT2D eigenvalue weighted by molar-refractivity contribution is -0.554. The number of nitrogens with zero attached hydrogens (tertiary/aromatic N) is 3. The fourth-order valence-corrected chi connectivity index (χ4v) is 2.70. The van der Waals surface area contributed by atoms with E-state index in [0.29, 0.717) is 10.3 Å². The lowest BCUT2D eigenvalue weighted by Gasteiger charge is -2.12. The zero-order valence-electron chi connectivity index (χ0n) is 16.4. The van der Waals surface area contributed by atoms with Crippen molar-refractivity contribution in [1.29, 1.82) is 0 Å². The zero-order chi connectivity index (χ0) is 24.8. The number of aliphatic imine (C=N–C) groups is 1. The van der Waals surface area contributed by atoms with Crippen molar-refractivity contribution >= 4 is 17.2 Å². The normalized spacial score (nSPS) is 11.8. The number of rotatable bonds is 3. The number of halogens is 10. The quantitative estimate of drug-likeness (QED) is 0.128. The highest BCUT2D eigenvalue weighted by atomic mass is 19.2. The average Bonchev–Trinajstić information content (AvgIpc) is 2.80. The van der Waals surface area contributed by atoms with Gasteiger partial charge in [0.15, 0.2) is 23.3 Å². The maximum Gasteiger partial charge on any atom is 0.342 e. The van der Waals surface area contributed by atoms with Crippen LogP contribution in [-0.4, -0.2) is 19.9 Å². The summed E-state index contributed by atoms with van der Waals surface area (Å²) >= 11 is 0. The molecule has 0 amide bonds. The molecular weight excluding hydrogens is 472 g/mol. The Kier molecular flexibility index (Phi) is 6.34. The van der Waals surface area contributed by atoms with E-state index in [-0.39, 0.29) is 0 Å². The summed E-state index contributed by atoms with van der Waals surface area (Å²) in [4.78, 5) is 4.65. The Labute approximate surface area is 178 Å². The van der Waals surface area contributed by atoms with Crippen molar-refractivity contribution in [2.75, 3.05) is 19.0 Å². The molecular formula is C20H10F10N3+. The van der Waals surface area contributed by atoms with Gasteiger partial charge in [-0.15, -0.1) is 0 Å². The highest BCUT2D eigenvalue weighted by molar-refractivity contribution is 5.94. The fourth-order valence-electron chi connectivity index (χ4n) is 2.70. The van der Waals surface area contributed by atoms with Crippen LogP contribution in [0.3, 0.4) is 0 Å². The molecule has 3 nitrogen and oxygen atoms in total. The van der Waals surface area contributed by atoms with Gasteiger partial charge in [0.2, 0.25) is 34.9 Å². The molecule has 0 unspecified atom stereocenters. The number of benzene rings is 2. The first kappa shape index (κ1) is 24.0. The van der Waals surface area contributed by atoms with E-state index in [9.17, 15) is 43.9 Å². The molecule has 0 aliphatic carbocycles. The number of hydrogen-bond donors (Lipinski definition) is 0. The van der Waals surface area contributed by atoms with E-state index in [4.69, 9.17) is 0 Å². The number of anilines is 1. The minimum absolute atomic E-state index is 0.458. The molecule has 0 bridgehead atoms. The van der Waals surface area contributed by atoms with E-state index in [0.717, 1.165) is 12.4 Å². The standard InChI is InChI=1S/C20H10F10N3/c1-32(2)7-3-5-33(6-4-7)20(8-9(21)11(23)13(25)12(24)10(8)22)31-19-17(29)15(27)14(26)16(28)18(19)30/h3-6H,1-2H3/q+1. The summed E-state index contributed by atoms with van der Waals surface area (Å²) in [5, 5.41) is 0. The SMILES string of the molecule is CN(C)c1cc[n+](C(=Nc2c(F)c(F)c(F)c(F)c2F)c2c(F)c(F)c(F)c(F)c2F)cc1. The molecule has 0 saturated heterocycles. The van der Waals surface area contributed by atoms with Crippen LogP contribution in [0.1, 0.15) is 5.56 Å². The van der Waals surface area contributed by atoms with E-state index in [1.807, 2.05) is 0 Å².